The number of aryl methyl sites for hydroxylation is 1. The van der Waals surface area contributed by atoms with Gasteiger partial charge in [-0.05, 0) is 60.9 Å². The zero-order chi connectivity index (χ0) is 19.4. The lowest BCUT2D eigenvalue weighted by atomic mass is 10.1. The third-order valence-electron chi connectivity index (χ3n) is 4.48. The summed E-state index contributed by atoms with van der Waals surface area (Å²) in [6.45, 7) is 5.24. The summed E-state index contributed by atoms with van der Waals surface area (Å²) in [5.41, 5.74) is 5.59. The average molecular weight is 421 g/mol. The van der Waals surface area contributed by atoms with E-state index >= 15 is 0 Å². The Balaban J connectivity index is 1.64. The van der Waals surface area contributed by atoms with Crippen LogP contribution in [-0.2, 0) is 13.2 Å². The van der Waals surface area contributed by atoms with Crippen LogP contribution in [0.2, 0.25) is 15.1 Å². The van der Waals surface area contributed by atoms with Gasteiger partial charge in [-0.25, -0.2) is 0 Å². The van der Waals surface area contributed by atoms with Crippen LogP contribution in [-0.4, -0.2) is 0 Å². The van der Waals surface area contributed by atoms with Crippen molar-refractivity contribution >= 4 is 40.5 Å². The maximum Gasteiger partial charge on any atom is 0.138 e. The molecule has 0 saturated carbocycles. The number of halogens is 3. The lowest BCUT2D eigenvalue weighted by Gasteiger charge is -2.13. The Bertz CT molecular complexity index is 956. The zero-order valence-electron chi connectivity index (χ0n) is 15.2. The highest BCUT2D eigenvalue weighted by Gasteiger charge is 2.07. The lowest BCUT2D eigenvalue weighted by Crippen LogP contribution is -2.02. The summed E-state index contributed by atoms with van der Waals surface area (Å²) in [5, 5.41) is 5.20. The van der Waals surface area contributed by atoms with E-state index in [1.165, 1.54) is 11.1 Å². The molecule has 0 aliphatic carbocycles. The summed E-state index contributed by atoms with van der Waals surface area (Å²) in [5.74, 6) is 0.623. The molecule has 0 bridgehead atoms. The monoisotopic (exact) mass is 419 g/mol. The zero-order valence-corrected chi connectivity index (χ0v) is 17.4. The molecule has 140 valence electrons. The smallest absolute Gasteiger partial charge is 0.138 e. The summed E-state index contributed by atoms with van der Waals surface area (Å²) in [6.07, 6.45) is 0. The molecule has 3 aromatic rings. The second kappa shape index (κ2) is 8.88. The van der Waals surface area contributed by atoms with E-state index in [0.29, 0.717) is 34.0 Å². The number of hydrogen-bond acceptors (Lipinski definition) is 2. The standard InChI is InChI=1S/C22H20Cl3NO/c1-14-4-3-5-21(15(14)2)26-12-16-6-9-22(20(25)10-16)27-13-17-7-8-18(23)11-19(17)24/h3-11,26H,12-13H2,1-2H3. The summed E-state index contributed by atoms with van der Waals surface area (Å²) < 4.78 is 5.82. The number of anilines is 1. The van der Waals surface area contributed by atoms with Gasteiger partial charge in [-0.1, -0.05) is 59.1 Å². The van der Waals surface area contributed by atoms with E-state index in [0.717, 1.165) is 16.8 Å². The van der Waals surface area contributed by atoms with Crippen molar-refractivity contribution in [3.8, 4) is 5.75 Å². The minimum atomic E-state index is 0.329. The van der Waals surface area contributed by atoms with Gasteiger partial charge in [0.25, 0.3) is 0 Å². The average Bonchev–Trinajstić information content (AvgIpc) is 2.63. The third-order valence-corrected chi connectivity index (χ3v) is 5.36. The number of ether oxygens (including phenoxy) is 1. The van der Waals surface area contributed by atoms with Crippen molar-refractivity contribution in [1.82, 2.24) is 0 Å². The van der Waals surface area contributed by atoms with E-state index in [1.807, 2.05) is 24.3 Å². The Kier molecular flexibility index (Phi) is 6.54. The van der Waals surface area contributed by atoms with Crippen molar-refractivity contribution in [3.63, 3.8) is 0 Å². The van der Waals surface area contributed by atoms with E-state index in [2.05, 4.69) is 37.4 Å². The number of hydrogen-bond donors (Lipinski definition) is 1. The maximum atomic E-state index is 6.39. The Morgan fingerprint density at radius 3 is 2.44 bits per heavy atom. The van der Waals surface area contributed by atoms with Gasteiger partial charge in [0.15, 0.2) is 0 Å². The normalized spacial score (nSPS) is 10.7. The van der Waals surface area contributed by atoms with E-state index in [-0.39, 0.29) is 0 Å². The van der Waals surface area contributed by atoms with Crippen LogP contribution in [0, 0.1) is 13.8 Å². The quantitative estimate of drug-likeness (QED) is 0.447. The van der Waals surface area contributed by atoms with Gasteiger partial charge in [0.05, 0.1) is 5.02 Å². The highest BCUT2D eigenvalue weighted by Crippen LogP contribution is 2.29. The van der Waals surface area contributed by atoms with Crippen molar-refractivity contribution < 1.29 is 4.74 Å². The molecule has 0 unspecified atom stereocenters. The second-order valence-electron chi connectivity index (χ2n) is 6.39. The van der Waals surface area contributed by atoms with Crippen molar-refractivity contribution in [1.29, 1.82) is 0 Å². The van der Waals surface area contributed by atoms with Crippen LogP contribution in [0.5, 0.6) is 5.75 Å². The first-order valence-electron chi connectivity index (χ1n) is 8.59. The minimum absolute atomic E-state index is 0.329. The van der Waals surface area contributed by atoms with Gasteiger partial charge in [-0.2, -0.15) is 0 Å². The van der Waals surface area contributed by atoms with Crippen LogP contribution in [0.15, 0.2) is 54.6 Å². The fraction of sp³-hybridized carbons (Fsp3) is 0.182. The predicted molar refractivity (Wildman–Crippen MR) is 115 cm³/mol. The van der Waals surface area contributed by atoms with Gasteiger partial charge in [0.1, 0.15) is 12.4 Å². The van der Waals surface area contributed by atoms with Crippen LogP contribution in [0.4, 0.5) is 5.69 Å². The summed E-state index contributed by atoms with van der Waals surface area (Å²) >= 11 is 18.5. The molecule has 27 heavy (non-hydrogen) atoms. The molecule has 2 nitrogen and oxygen atoms in total. The molecule has 0 aromatic heterocycles. The van der Waals surface area contributed by atoms with Gasteiger partial charge in [0.2, 0.25) is 0 Å². The van der Waals surface area contributed by atoms with Crippen LogP contribution in [0.1, 0.15) is 22.3 Å². The van der Waals surface area contributed by atoms with E-state index in [1.54, 1.807) is 12.1 Å². The van der Waals surface area contributed by atoms with E-state index in [4.69, 9.17) is 39.5 Å². The first-order chi connectivity index (χ1) is 12.9. The van der Waals surface area contributed by atoms with Crippen LogP contribution >= 0.6 is 34.8 Å². The summed E-state index contributed by atoms with van der Waals surface area (Å²) in [4.78, 5) is 0. The molecule has 3 rings (SSSR count). The fourth-order valence-corrected chi connectivity index (χ4v) is 3.43. The van der Waals surface area contributed by atoms with Gasteiger partial charge in [-0.3, -0.25) is 0 Å². The molecule has 0 spiro atoms. The molecule has 5 heteroatoms. The second-order valence-corrected chi connectivity index (χ2v) is 7.64. The molecule has 0 aliphatic heterocycles. The molecule has 0 atom stereocenters. The largest absolute Gasteiger partial charge is 0.487 e. The van der Waals surface area contributed by atoms with E-state index in [9.17, 15) is 0 Å². The van der Waals surface area contributed by atoms with Crippen molar-refractivity contribution in [2.24, 2.45) is 0 Å². The first-order valence-corrected chi connectivity index (χ1v) is 9.72. The van der Waals surface area contributed by atoms with Crippen molar-refractivity contribution in [3.05, 3.63) is 91.9 Å². The molecule has 1 N–H and O–H groups in total. The van der Waals surface area contributed by atoms with Crippen LogP contribution in [0.25, 0.3) is 0 Å². The summed E-state index contributed by atoms with van der Waals surface area (Å²) in [6, 6.07) is 17.4. The first kappa shape index (κ1) is 19.9. The van der Waals surface area contributed by atoms with Crippen LogP contribution in [0.3, 0.4) is 0 Å². The van der Waals surface area contributed by atoms with Gasteiger partial charge in [-0.15, -0.1) is 0 Å². The number of rotatable bonds is 6. The van der Waals surface area contributed by atoms with Crippen LogP contribution < -0.4 is 10.1 Å². The SMILES string of the molecule is Cc1cccc(NCc2ccc(OCc3ccc(Cl)cc3Cl)c(Cl)c2)c1C. The number of benzene rings is 3. The molecule has 0 heterocycles. The summed E-state index contributed by atoms with van der Waals surface area (Å²) in [7, 11) is 0. The topological polar surface area (TPSA) is 21.3 Å². The Morgan fingerprint density at radius 1 is 0.889 bits per heavy atom. The lowest BCUT2D eigenvalue weighted by molar-refractivity contribution is 0.306. The van der Waals surface area contributed by atoms with Crippen molar-refractivity contribution in [2.45, 2.75) is 27.0 Å². The molecule has 0 fully saturated rings. The van der Waals surface area contributed by atoms with Gasteiger partial charge in [0, 0.05) is 27.8 Å². The Morgan fingerprint density at radius 2 is 1.70 bits per heavy atom. The van der Waals surface area contributed by atoms with Gasteiger partial charge < -0.3 is 10.1 Å². The fourth-order valence-electron chi connectivity index (χ4n) is 2.71. The highest BCUT2D eigenvalue weighted by molar-refractivity contribution is 6.35. The van der Waals surface area contributed by atoms with Gasteiger partial charge >= 0.3 is 0 Å². The molecular weight excluding hydrogens is 401 g/mol. The Hall–Kier alpha value is -1.87. The molecule has 0 saturated heterocycles. The highest BCUT2D eigenvalue weighted by atomic mass is 35.5. The predicted octanol–water partition coefficient (Wildman–Crippen LogP) is 7.45. The Labute approximate surface area is 175 Å². The maximum absolute atomic E-state index is 6.39. The van der Waals surface area contributed by atoms with Crippen molar-refractivity contribution in [2.75, 3.05) is 5.32 Å². The van der Waals surface area contributed by atoms with E-state index < -0.39 is 0 Å². The minimum Gasteiger partial charge on any atom is -0.487 e. The third kappa shape index (κ3) is 5.10. The molecular formula is C22H20Cl3NO. The molecule has 0 amide bonds. The molecule has 0 aliphatic rings. The molecule has 0 radical (unpaired) electrons. The molecule has 3 aromatic carbocycles. The number of nitrogens with one attached hydrogen (secondary N) is 1.